The van der Waals surface area contributed by atoms with Crippen molar-refractivity contribution in [1.29, 1.82) is 0 Å². The summed E-state index contributed by atoms with van der Waals surface area (Å²) in [6, 6.07) is 14.4. The lowest BCUT2D eigenvalue weighted by Crippen LogP contribution is -2.49. The Morgan fingerprint density at radius 3 is 2.25 bits per heavy atom. The van der Waals surface area contributed by atoms with Crippen molar-refractivity contribution in [3.63, 3.8) is 0 Å². The van der Waals surface area contributed by atoms with Gasteiger partial charge >= 0.3 is 0 Å². The third kappa shape index (κ3) is 4.30. The lowest BCUT2D eigenvalue weighted by atomic mass is 10.1. The first-order valence-electron chi connectivity index (χ1n) is 9.46. The molecule has 0 atom stereocenters. The lowest BCUT2D eigenvalue weighted by molar-refractivity contribution is 0.0743. The smallest absolute Gasteiger partial charge is 0.255 e. The minimum absolute atomic E-state index is 0.0442. The molecule has 1 fully saturated rings. The van der Waals surface area contributed by atoms with E-state index < -0.39 is 9.84 Å². The summed E-state index contributed by atoms with van der Waals surface area (Å²) < 4.78 is 30.3. The molecule has 0 saturated carbocycles. The van der Waals surface area contributed by atoms with Crippen molar-refractivity contribution in [3.05, 3.63) is 54.1 Å². The van der Waals surface area contributed by atoms with Crippen LogP contribution in [0.2, 0.25) is 0 Å². The molecule has 1 heterocycles. The van der Waals surface area contributed by atoms with Gasteiger partial charge in [-0.2, -0.15) is 0 Å². The minimum atomic E-state index is -3.45. The SMILES string of the molecule is CCCS(=O)(=O)c1ccccc1C(=O)N1CCN(c2ccc(OC)cc2)CC1. The average molecular weight is 403 g/mol. The third-order valence-electron chi connectivity index (χ3n) is 4.93. The predicted octanol–water partition coefficient (Wildman–Crippen LogP) is 2.84. The van der Waals surface area contributed by atoms with Crippen molar-refractivity contribution in [2.75, 3.05) is 43.9 Å². The second-order valence-corrected chi connectivity index (χ2v) is 8.87. The summed E-state index contributed by atoms with van der Waals surface area (Å²) in [5.74, 6) is 0.634. The fourth-order valence-electron chi connectivity index (χ4n) is 3.42. The molecule has 3 rings (SSSR count). The predicted molar refractivity (Wildman–Crippen MR) is 110 cm³/mol. The van der Waals surface area contributed by atoms with Gasteiger partial charge < -0.3 is 14.5 Å². The fourth-order valence-corrected chi connectivity index (χ4v) is 4.96. The quantitative estimate of drug-likeness (QED) is 0.743. The van der Waals surface area contributed by atoms with Gasteiger partial charge in [0.15, 0.2) is 9.84 Å². The van der Waals surface area contributed by atoms with Gasteiger partial charge in [0.25, 0.3) is 5.91 Å². The number of amides is 1. The summed E-state index contributed by atoms with van der Waals surface area (Å²) in [5.41, 5.74) is 1.35. The summed E-state index contributed by atoms with van der Waals surface area (Å²) in [4.78, 5) is 17.1. The molecule has 0 aromatic heterocycles. The van der Waals surface area contributed by atoms with Crippen LogP contribution in [0, 0.1) is 0 Å². The van der Waals surface area contributed by atoms with Gasteiger partial charge in [-0.1, -0.05) is 19.1 Å². The Hall–Kier alpha value is -2.54. The highest BCUT2D eigenvalue weighted by Crippen LogP contribution is 2.23. The first kappa shape index (κ1) is 20.2. The number of hydrogen-bond acceptors (Lipinski definition) is 5. The monoisotopic (exact) mass is 402 g/mol. The highest BCUT2D eigenvalue weighted by molar-refractivity contribution is 7.91. The maximum atomic E-state index is 13.0. The molecule has 2 aromatic carbocycles. The van der Waals surface area contributed by atoms with E-state index in [2.05, 4.69) is 4.90 Å². The molecule has 0 N–H and O–H groups in total. The summed E-state index contributed by atoms with van der Waals surface area (Å²) >= 11 is 0. The third-order valence-corrected chi connectivity index (χ3v) is 6.90. The van der Waals surface area contributed by atoms with Crippen LogP contribution in [-0.4, -0.2) is 58.3 Å². The van der Waals surface area contributed by atoms with Gasteiger partial charge in [-0.3, -0.25) is 4.79 Å². The van der Waals surface area contributed by atoms with E-state index in [1.807, 2.05) is 31.2 Å². The number of nitrogens with zero attached hydrogens (tertiary/aromatic N) is 2. The summed E-state index contributed by atoms with van der Waals surface area (Å²) in [5, 5.41) is 0. The number of carbonyl (C=O) groups is 1. The number of methoxy groups -OCH3 is 1. The number of rotatable bonds is 6. The maximum absolute atomic E-state index is 13.0. The van der Waals surface area contributed by atoms with Crippen LogP contribution in [-0.2, 0) is 9.84 Å². The molecule has 0 spiro atoms. The van der Waals surface area contributed by atoms with Crippen molar-refractivity contribution < 1.29 is 17.9 Å². The van der Waals surface area contributed by atoms with Gasteiger partial charge in [-0.15, -0.1) is 0 Å². The van der Waals surface area contributed by atoms with E-state index in [9.17, 15) is 13.2 Å². The molecule has 0 radical (unpaired) electrons. The second kappa shape index (κ2) is 8.65. The Bertz CT molecular complexity index is 918. The Balaban J connectivity index is 1.72. The normalized spacial score (nSPS) is 14.8. The highest BCUT2D eigenvalue weighted by atomic mass is 32.2. The largest absolute Gasteiger partial charge is 0.497 e. The topological polar surface area (TPSA) is 66.9 Å². The Morgan fingerprint density at radius 2 is 1.64 bits per heavy atom. The van der Waals surface area contributed by atoms with E-state index in [0.717, 1.165) is 11.4 Å². The first-order valence-corrected chi connectivity index (χ1v) is 11.1. The summed E-state index contributed by atoms with van der Waals surface area (Å²) in [6.45, 7) is 4.31. The van der Waals surface area contributed by atoms with Gasteiger partial charge in [-0.05, 0) is 42.8 Å². The van der Waals surface area contributed by atoms with Gasteiger partial charge in [-0.25, -0.2) is 8.42 Å². The van der Waals surface area contributed by atoms with Crippen LogP contribution in [0.3, 0.4) is 0 Å². The lowest BCUT2D eigenvalue weighted by Gasteiger charge is -2.36. The van der Waals surface area contributed by atoms with Crippen molar-refractivity contribution in [2.24, 2.45) is 0 Å². The van der Waals surface area contributed by atoms with Crippen molar-refractivity contribution >= 4 is 21.4 Å². The number of sulfone groups is 1. The van der Waals surface area contributed by atoms with E-state index in [0.29, 0.717) is 32.6 Å². The number of piperazine rings is 1. The minimum Gasteiger partial charge on any atom is -0.497 e. The molecule has 0 unspecified atom stereocenters. The van der Waals surface area contributed by atoms with Crippen molar-refractivity contribution in [3.8, 4) is 5.75 Å². The van der Waals surface area contributed by atoms with E-state index in [-0.39, 0.29) is 22.1 Å². The Morgan fingerprint density at radius 1 is 1.00 bits per heavy atom. The highest BCUT2D eigenvalue weighted by Gasteiger charge is 2.27. The zero-order chi connectivity index (χ0) is 20.1. The molecule has 1 saturated heterocycles. The molecule has 1 amide bonds. The zero-order valence-corrected chi connectivity index (χ0v) is 17.1. The van der Waals surface area contributed by atoms with E-state index >= 15 is 0 Å². The maximum Gasteiger partial charge on any atom is 0.255 e. The molecule has 7 heteroatoms. The number of hydrogen-bond donors (Lipinski definition) is 0. The Labute approximate surface area is 166 Å². The molecule has 2 aromatic rings. The molecule has 1 aliphatic rings. The molecule has 1 aliphatic heterocycles. The number of anilines is 1. The van der Waals surface area contributed by atoms with Crippen LogP contribution in [0.5, 0.6) is 5.75 Å². The molecular formula is C21H26N2O4S. The average Bonchev–Trinajstić information content (AvgIpc) is 2.73. The first-order chi connectivity index (χ1) is 13.5. The molecule has 28 heavy (non-hydrogen) atoms. The van der Waals surface area contributed by atoms with Crippen LogP contribution < -0.4 is 9.64 Å². The van der Waals surface area contributed by atoms with E-state index in [4.69, 9.17) is 4.74 Å². The molecule has 150 valence electrons. The molecule has 6 nitrogen and oxygen atoms in total. The number of ether oxygens (including phenoxy) is 1. The standard InChI is InChI=1S/C21H26N2O4S/c1-3-16-28(25,26)20-7-5-4-6-19(20)21(24)23-14-12-22(13-15-23)17-8-10-18(27-2)11-9-17/h4-11H,3,12-16H2,1-2H3. The molecular weight excluding hydrogens is 376 g/mol. The van der Waals surface area contributed by atoms with Crippen LogP contribution >= 0.6 is 0 Å². The van der Waals surface area contributed by atoms with E-state index in [1.165, 1.54) is 6.07 Å². The van der Waals surface area contributed by atoms with Gasteiger partial charge in [0.05, 0.1) is 23.3 Å². The van der Waals surface area contributed by atoms with Crippen molar-refractivity contribution in [1.82, 2.24) is 4.90 Å². The van der Waals surface area contributed by atoms with Crippen molar-refractivity contribution in [2.45, 2.75) is 18.2 Å². The van der Waals surface area contributed by atoms with E-state index in [1.54, 1.807) is 30.2 Å². The van der Waals surface area contributed by atoms with Crippen LogP contribution in [0.15, 0.2) is 53.4 Å². The molecule has 0 aliphatic carbocycles. The molecule has 0 bridgehead atoms. The second-order valence-electron chi connectivity index (χ2n) is 6.79. The Kier molecular flexibility index (Phi) is 6.24. The van der Waals surface area contributed by atoms with Gasteiger partial charge in [0.2, 0.25) is 0 Å². The number of benzene rings is 2. The van der Waals surface area contributed by atoms with Crippen LogP contribution in [0.4, 0.5) is 5.69 Å². The number of carbonyl (C=O) groups excluding carboxylic acids is 1. The zero-order valence-electron chi connectivity index (χ0n) is 16.3. The van der Waals surface area contributed by atoms with Gasteiger partial charge in [0.1, 0.15) is 5.75 Å². The van der Waals surface area contributed by atoms with Gasteiger partial charge in [0, 0.05) is 31.9 Å². The summed E-state index contributed by atoms with van der Waals surface area (Å²) in [7, 11) is -1.82. The summed E-state index contributed by atoms with van der Waals surface area (Å²) in [6.07, 6.45) is 0.519. The van der Waals surface area contributed by atoms with Crippen LogP contribution in [0.25, 0.3) is 0 Å². The van der Waals surface area contributed by atoms with Crippen LogP contribution in [0.1, 0.15) is 23.7 Å². The fraction of sp³-hybridized carbons (Fsp3) is 0.381.